The third-order valence-corrected chi connectivity index (χ3v) is 1.63. The molecule has 5 heteroatoms. The fraction of sp³-hybridized carbons (Fsp3) is 0.300. The van der Waals surface area contributed by atoms with Crippen LogP contribution in [0, 0.1) is 0 Å². The van der Waals surface area contributed by atoms with Crippen molar-refractivity contribution in [2.75, 3.05) is 0 Å². The predicted octanol–water partition coefficient (Wildman–Crippen LogP) is 0.398. The Morgan fingerprint density at radius 3 is 2.60 bits per heavy atom. The lowest BCUT2D eigenvalue weighted by Crippen LogP contribution is -2.22. The average Bonchev–Trinajstić information content (AvgIpc) is 2.09. The zero-order valence-electron chi connectivity index (χ0n) is 8.85. The summed E-state index contributed by atoms with van der Waals surface area (Å²) in [4.78, 5) is 25.4. The van der Waals surface area contributed by atoms with E-state index in [4.69, 9.17) is 4.74 Å². The molecule has 1 heterocycles. The van der Waals surface area contributed by atoms with Crippen molar-refractivity contribution in [1.29, 1.82) is 0 Å². The molecule has 1 rings (SSSR count). The van der Waals surface area contributed by atoms with E-state index in [0.29, 0.717) is 5.49 Å². The maximum Gasteiger partial charge on any atom is 0.308 e. The van der Waals surface area contributed by atoms with Crippen LogP contribution in [0.1, 0.15) is 13.8 Å². The normalized spacial score (nSPS) is 11.3. The number of amides is 1. The number of hydrogen-bond acceptors (Lipinski definition) is 3. The van der Waals surface area contributed by atoms with Crippen LogP contribution in [-0.4, -0.2) is 16.4 Å². The Labute approximate surface area is 87.0 Å². The van der Waals surface area contributed by atoms with Crippen molar-refractivity contribution in [1.82, 2.24) is 4.57 Å². The fourth-order valence-corrected chi connectivity index (χ4v) is 1.10. The predicted molar refractivity (Wildman–Crippen MR) is 53.0 cm³/mol. The molecular weight excluding hydrogens is 196 g/mol. The Bertz CT molecular complexity index is 460. The van der Waals surface area contributed by atoms with Gasteiger partial charge in [-0.3, -0.25) is 9.59 Å². The van der Waals surface area contributed by atoms with Gasteiger partial charge < -0.3 is 9.30 Å². The van der Waals surface area contributed by atoms with Gasteiger partial charge in [0.15, 0.2) is 11.2 Å². The summed E-state index contributed by atoms with van der Waals surface area (Å²) in [5.41, 5.74) is 0.334. The molecule has 0 unspecified atom stereocenters. The number of ether oxygens (including phenoxy) is 1. The molecule has 1 amide bonds. The average molecular weight is 208 g/mol. The van der Waals surface area contributed by atoms with Crippen LogP contribution in [0.4, 0.5) is 0 Å². The first kappa shape index (κ1) is 11.2. The molecule has 15 heavy (non-hydrogen) atoms. The second-order valence-corrected chi connectivity index (χ2v) is 3.03. The second-order valence-electron chi connectivity index (χ2n) is 3.03. The summed E-state index contributed by atoms with van der Waals surface area (Å²) in [5.74, 6) is -0.505. The first-order valence-electron chi connectivity index (χ1n) is 4.40. The van der Waals surface area contributed by atoms with Crippen LogP contribution in [0.15, 0.2) is 23.3 Å². The van der Waals surface area contributed by atoms with Gasteiger partial charge in [-0.25, -0.2) is 0 Å². The largest absolute Gasteiger partial charge is 0.423 e. The summed E-state index contributed by atoms with van der Waals surface area (Å²) in [6, 6.07) is 3.29. The van der Waals surface area contributed by atoms with Gasteiger partial charge in [-0.15, -0.1) is 0 Å². The van der Waals surface area contributed by atoms with Gasteiger partial charge in [0.1, 0.15) is 0 Å². The minimum absolute atomic E-state index is 0.280. The number of esters is 1. The van der Waals surface area contributed by atoms with Gasteiger partial charge in [0.25, 0.3) is 0 Å². The van der Waals surface area contributed by atoms with E-state index in [1.54, 1.807) is 29.9 Å². The van der Waals surface area contributed by atoms with E-state index in [1.165, 1.54) is 13.8 Å². The molecule has 0 spiro atoms. The molecule has 0 aliphatic rings. The van der Waals surface area contributed by atoms with E-state index < -0.39 is 5.97 Å². The first-order chi connectivity index (χ1) is 7.00. The third-order valence-electron chi connectivity index (χ3n) is 1.63. The summed E-state index contributed by atoms with van der Waals surface area (Å²) in [5, 5.41) is 0. The van der Waals surface area contributed by atoms with Crippen LogP contribution in [0.2, 0.25) is 0 Å². The standard InChI is InChI=1S/C10H12N2O3/c1-7(13)11-10-9(15-8(2)14)5-4-6-12(10)3/h4-6H,1-3H3. The van der Waals surface area contributed by atoms with Crippen molar-refractivity contribution in [3.8, 4) is 5.75 Å². The molecule has 0 atom stereocenters. The molecule has 5 nitrogen and oxygen atoms in total. The van der Waals surface area contributed by atoms with Gasteiger partial charge in [-0.1, -0.05) is 0 Å². The maximum absolute atomic E-state index is 10.9. The molecule has 1 aromatic rings. The highest BCUT2D eigenvalue weighted by atomic mass is 16.5. The number of carbonyl (C=O) groups excluding carboxylic acids is 2. The topological polar surface area (TPSA) is 60.7 Å². The van der Waals surface area contributed by atoms with Crippen LogP contribution in [0.3, 0.4) is 0 Å². The summed E-state index contributed by atoms with van der Waals surface area (Å²) in [7, 11) is 1.72. The molecule has 0 saturated heterocycles. The van der Waals surface area contributed by atoms with E-state index in [1.807, 2.05) is 0 Å². The molecule has 0 aromatic carbocycles. The van der Waals surface area contributed by atoms with Crippen LogP contribution >= 0.6 is 0 Å². The maximum atomic E-state index is 10.9. The van der Waals surface area contributed by atoms with E-state index >= 15 is 0 Å². The van der Waals surface area contributed by atoms with Gasteiger partial charge >= 0.3 is 5.97 Å². The van der Waals surface area contributed by atoms with Crippen molar-refractivity contribution in [2.45, 2.75) is 13.8 Å². The lowest BCUT2D eigenvalue weighted by molar-refractivity contribution is -0.132. The number of aryl methyl sites for hydroxylation is 1. The molecule has 0 N–H and O–H groups in total. The van der Waals surface area contributed by atoms with Crippen molar-refractivity contribution >= 4 is 11.9 Å². The molecule has 0 saturated carbocycles. The molecule has 0 aliphatic heterocycles. The van der Waals surface area contributed by atoms with Crippen LogP contribution < -0.4 is 10.2 Å². The van der Waals surface area contributed by atoms with E-state index in [2.05, 4.69) is 4.99 Å². The Balaban J connectivity index is 3.33. The lowest BCUT2D eigenvalue weighted by Gasteiger charge is -2.04. The summed E-state index contributed by atoms with van der Waals surface area (Å²) in [6.45, 7) is 2.63. The first-order valence-corrected chi connectivity index (χ1v) is 4.40. The van der Waals surface area contributed by atoms with Gasteiger partial charge in [-0.05, 0) is 12.1 Å². The van der Waals surface area contributed by atoms with Gasteiger partial charge in [-0.2, -0.15) is 4.99 Å². The Morgan fingerprint density at radius 2 is 2.07 bits per heavy atom. The monoisotopic (exact) mass is 208 g/mol. The highest BCUT2D eigenvalue weighted by molar-refractivity contribution is 5.74. The van der Waals surface area contributed by atoms with E-state index in [-0.39, 0.29) is 11.7 Å². The minimum atomic E-state index is -0.443. The molecular formula is C10H12N2O3. The van der Waals surface area contributed by atoms with Gasteiger partial charge in [0.2, 0.25) is 5.91 Å². The zero-order chi connectivity index (χ0) is 11.4. The Morgan fingerprint density at radius 1 is 1.40 bits per heavy atom. The number of aromatic nitrogens is 1. The van der Waals surface area contributed by atoms with Gasteiger partial charge in [0.05, 0.1) is 0 Å². The molecule has 0 radical (unpaired) electrons. The van der Waals surface area contributed by atoms with Crippen molar-refractivity contribution in [3.05, 3.63) is 23.8 Å². The molecule has 0 bridgehead atoms. The lowest BCUT2D eigenvalue weighted by atomic mass is 10.4. The summed E-state index contributed by atoms with van der Waals surface area (Å²) < 4.78 is 6.53. The number of hydrogen-bond donors (Lipinski definition) is 0. The number of pyridine rings is 1. The van der Waals surface area contributed by atoms with Crippen LogP contribution in [-0.2, 0) is 16.6 Å². The fourth-order valence-electron chi connectivity index (χ4n) is 1.10. The Kier molecular flexibility index (Phi) is 3.38. The SMILES string of the molecule is CC(=O)N=c1c(OC(C)=O)cccn1C. The second kappa shape index (κ2) is 4.54. The van der Waals surface area contributed by atoms with Crippen molar-refractivity contribution in [3.63, 3.8) is 0 Å². The molecule has 0 fully saturated rings. The highest BCUT2D eigenvalue weighted by Crippen LogP contribution is 2.01. The molecule has 0 aliphatic carbocycles. The van der Waals surface area contributed by atoms with Crippen molar-refractivity contribution < 1.29 is 14.3 Å². The highest BCUT2D eigenvalue weighted by Gasteiger charge is 2.03. The van der Waals surface area contributed by atoms with Crippen LogP contribution in [0.25, 0.3) is 0 Å². The third kappa shape index (κ3) is 3.05. The summed E-state index contributed by atoms with van der Waals surface area (Å²) >= 11 is 0. The number of nitrogens with zero attached hydrogens (tertiary/aromatic N) is 2. The Hall–Kier alpha value is -1.91. The number of rotatable bonds is 1. The summed E-state index contributed by atoms with van der Waals surface area (Å²) in [6.07, 6.45) is 1.72. The van der Waals surface area contributed by atoms with Crippen molar-refractivity contribution in [2.24, 2.45) is 12.0 Å². The smallest absolute Gasteiger partial charge is 0.308 e. The number of carbonyl (C=O) groups is 2. The van der Waals surface area contributed by atoms with E-state index in [0.717, 1.165) is 0 Å². The molecule has 80 valence electrons. The quantitative estimate of drug-likeness (QED) is 0.627. The van der Waals surface area contributed by atoms with Gasteiger partial charge in [0, 0.05) is 27.1 Å². The zero-order valence-corrected chi connectivity index (χ0v) is 8.85. The van der Waals surface area contributed by atoms with E-state index in [9.17, 15) is 9.59 Å². The minimum Gasteiger partial charge on any atom is -0.423 e. The van der Waals surface area contributed by atoms with Crippen LogP contribution in [0.5, 0.6) is 5.75 Å². The molecule has 1 aromatic heterocycles.